The van der Waals surface area contributed by atoms with E-state index < -0.39 is 0 Å². The van der Waals surface area contributed by atoms with Gasteiger partial charge in [-0.15, -0.1) is 0 Å². The highest BCUT2D eigenvalue weighted by Crippen LogP contribution is 2.24. The quantitative estimate of drug-likeness (QED) is 0.787. The minimum atomic E-state index is -0.213. The zero-order chi connectivity index (χ0) is 20.7. The molecule has 5 nitrogen and oxygen atoms in total. The summed E-state index contributed by atoms with van der Waals surface area (Å²) in [6.07, 6.45) is 1.15. The molecule has 150 valence electrons. The van der Waals surface area contributed by atoms with Crippen LogP contribution in [-0.2, 0) is 21.4 Å². The predicted octanol–water partition coefficient (Wildman–Crippen LogP) is 4.02. The summed E-state index contributed by atoms with van der Waals surface area (Å²) in [6.45, 7) is 6.42. The van der Waals surface area contributed by atoms with Crippen LogP contribution < -0.4 is 10.1 Å². The van der Waals surface area contributed by atoms with E-state index in [0.29, 0.717) is 24.3 Å². The zero-order valence-electron chi connectivity index (χ0n) is 17.4. The van der Waals surface area contributed by atoms with Crippen molar-refractivity contribution in [3.05, 3.63) is 59.7 Å². The van der Waals surface area contributed by atoms with Gasteiger partial charge in [-0.05, 0) is 47.2 Å². The first-order valence-electron chi connectivity index (χ1n) is 9.47. The van der Waals surface area contributed by atoms with Crippen LogP contribution in [0.1, 0.15) is 38.3 Å². The third-order valence-corrected chi connectivity index (χ3v) is 4.45. The highest BCUT2D eigenvalue weighted by atomic mass is 16.5. The van der Waals surface area contributed by atoms with E-state index in [1.165, 1.54) is 5.56 Å². The number of carbonyl (C=O) groups excluding carboxylic acids is 2. The topological polar surface area (TPSA) is 58.6 Å². The third-order valence-electron chi connectivity index (χ3n) is 4.45. The molecular formula is C23H30N2O3. The maximum Gasteiger partial charge on any atom is 0.262 e. The van der Waals surface area contributed by atoms with Gasteiger partial charge >= 0.3 is 0 Å². The van der Waals surface area contributed by atoms with Gasteiger partial charge < -0.3 is 15.0 Å². The van der Waals surface area contributed by atoms with Crippen molar-refractivity contribution >= 4 is 17.5 Å². The molecule has 0 saturated heterocycles. The second-order valence-electron chi connectivity index (χ2n) is 8.10. The molecule has 28 heavy (non-hydrogen) atoms. The number of hydrogen-bond acceptors (Lipinski definition) is 3. The summed E-state index contributed by atoms with van der Waals surface area (Å²) in [5, 5.41) is 2.82. The van der Waals surface area contributed by atoms with Gasteiger partial charge in [0.2, 0.25) is 5.91 Å². The first kappa shape index (κ1) is 21.5. The third kappa shape index (κ3) is 6.72. The van der Waals surface area contributed by atoms with Gasteiger partial charge in [-0.2, -0.15) is 0 Å². The van der Waals surface area contributed by atoms with Gasteiger partial charge in [0.1, 0.15) is 5.75 Å². The Bertz CT molecular complexity index is 788. The molecule has 0 saturated carbocycles. The number of nitrogens with one attached hydrogen (secondary N) is 1. The molecule has 0 bridgehead atoms. The Morgan fingerprint density at radius 2 is 1.57 bits per heavy atom. The number of nitrogens with zero attached hydrogens (tertiary/aromatic N) is 1. The molecule has 2 aromatic carbocycles. The molecule has 0 radical (unpaired) electrons. The van der Waals surface area contributed by atoms with E-state index in [1.54, 1.807) is 19.0 Å². The van der Waals surface area contributed by atoms with Crippen molar-refractivity contribution in [3.63, 3.8) is 0 Å². The summed E-state index contributed by atoms with van der Waals surface area (Å²) in [5.41, 5.74) is 3.07. The van der Waals surface area contributed by atoms with E-state index in [2.05, 4.69) is 26.1 Å². The van der Waals surface area contributed by atoms with E-state index in [9.17, 15) is 9.59 Å². The Kier molecular flexibility index (Phi) is 7.21. The summed E-state index contributed by atoms with van der Waals surface area (Å²) >= 11 is 0. The molecule has 0 aliphatic carbocycles. The van der Waals surface area contributed by atoms with Crippen LogP contribution in [0.2, 0.25) is 0 Å². The van der Waals surface area contributed by atoms with Gasteiger partial charge in [0.25, 0.3) is 5.91 Å². The average molecular weight is 383 g/mol. The summed E-state index contributed by atoms with van der Waals surface area (Å²) in [4.78, 5) is 25.3. The normalized spacial score (nSPS) is 11.0. The van der Waals surface area contributed by atoms with Crippen LogP contribution in [0, 0.1) is 0 Å². The first-order chi connectivity index (χ1) is 13.1. The number of ether oxygens (including phenoxy) is 1. The minimum absolute atomic E-state index is 0.0477. The Morgan fingerprint density at radius 3 is 2.11 bits per heavy atom. The number of amides is 2. The largest absolute Gasteiger partial charge is 0.484 e. The number of hydrogen-bond donors (Lipinski definition) is 1. The fraction of sp³-hybridized carbons (Fsp3) is 0.391. The SMILES string of the molecule is CN(C)C(=O)CCc1ccc(NC(=O)COc2ccc(C(C)(C)C)cc2)cc1. The van der Waals surface area contributed by atoms with Crippen LogP contribution in [0.3, 0.4) is 0 Å². The second kappa shape index (κ2) is 9.40. The lowest BCUT2D eigenvalue weighted by Crippen LogP contribution is -2.21. The van der Waals surface area contributed by atoms with Crippen molar-refractivity contribution in [3.8, 4) is 5.75 Å². The molecule has 0 heterocycles. The maximum atomic E-state index is 12.1. The molecule has 0 aliphatic rings. The molecule has 0 spiro atoms. The van der Waals surface area contributed by atoms with E-state index in [-0.39, 0.29) is 23.8 Å². The lowest BCUT2D eigenvalue weighted by Gasteiger charge is -2.19. The fourth-order valence-corrected chi connectivity index (χ4v) is 2.63. The van der Waals surface area contributed by atoms with Gasteiger partial charge in [-0.25, -0.2) is 0 Å². The van der Waals surface area contributed by atoms with E-state index in [1.807, 2.05) is 48.5 Å². The lowest BCUT2D eigenvalue weighted by molar-refractivity contribution is -0.128. The Hall–Kier alpha value is -2.82. The monoisotopic (exact) mass is 382 g/mol. The van der Waals surface area contributed by atoms with Crippen molar-refractivity contribution in [2.45, 2.75) is 39.0 Å². The van der Waals surface area contributed by atoms with E-state index in [0.717, 1.165) is 5.56 Å². The van der Waals surface area contributed by atoms with Crippen molar-refractivity contribution in [2.75, 3.05) is 26.0 Å². The Balaban J connectivity index is 1.80. The van der Waals surface area contributed by atoms with Gasteiger partial charge in [0.05, 0.1) is 0 Å². The molecule has 2 rings (SSSR count). The second-order valence-corrected chi connectivity index (χ2v) is 8.10. The van der Waals surface area contributed by atoms with Crippen LogP contribution >= 0.6 is 0 Å². The van der Waals surface area contributed by atoms with Crippen molar-refractivity contribution in [2.24, 2.45) is 0 Å². The average Bonchev–Trinajstić information content (AvgIpc) is 2.65. The first-order valence-corrected chi connectivity index (χ1v) is 9.47. The summed E-state index contributed by atoms with van der Waals surface area (Å²) in [7, 11) is 3.50. The Morgan fingerprint density at radius 1 is 0.964 bits per heavy atom. The molecule has 0 aliphatic heterocycles. The van der Waals surface area contributed by atoms with Gasteiger partial charge in [0, 0.05) is 26.2 Å². The maximum absolute atomic E-state index is 12.1. The minimum Gasteiger partial charge on any atom is -0.484 e. The van der Waals surface area contributed by atoms with Crippen LogP contribution in [0.25, 0.3) is 0 Å². The van der Waals surface area contributed by atoms with E-state index in [4.69, 9.17) is 4.74 Å². The molecule has 1 N–H and O–H groups in total. The number of aryl methyl sites for hydroxylation is 1. The van der Waals surface area contributed by atoms with Crippen LogP contribution in [0.4, 0.5) is 5.69 Å². The summed E-state index contributed by atoms with van der Waals surface area (Å²) < 4.78 is 5.56. The molecule has 2 aromatic rings. The molecule has 0 unspecified atom stereocenters. The van der Waals surface area contributed by atoms with Gasteiger partial charge in [-0.1, -0.05) is 45.0 Å². The number of carbonyl (C=O) groups is 2. The van der Waals surface area contributed by atoms with Crippen molar-refractivity contribution in [1.29, 1.82) is 0 Å². The number of anilines is 1. The molecule has 2 amide bonds. The van der Waals surface area contributed by atoms with Gasteiger partial charge in [0.15, 0.2) is 6.61 Å². The van der Waals surface area contributed by atoms with E-state index >= 15 is 0 Å². The lowest BCUT2D eigenvalue weighted by atomic mass is 9.87. The number of benzene rings is 2. The highest BCUT2D eigenvalue weighted by molar-refractivity contribution is 5.91. The summed E-state index contributed by atoms with van der Waals surface area (Å²) in [5.74, 6) is 0.560. The molecule has 0 atom stereocenters. The van der Waals surface area contributed by atoms with Crippen molar-refractivity contribution in [1.82, 2.24) is 4.90 Å². The predicted molar refractivity (Wildman–Crippen MR) is 113 cm³/mol. The number of rotatable bonds is 7. The summed E-state index contributed by atoms with van der Waals surface area (Å²) in [6, 6.07) is 15.3. The van der Waals surface area contributed by atoms with Crippen LogP contribution in [0.5, 0.6) is 5.75 Å². The highest BCUT2D eigenvalue weighted by Gasteiger charge is 2.13. The molecule has 5 heteroatoms. The van der Waals surface area contributed by atoms with Crippen molar-refractivity contribution < 1.29 is 14.3 Å². The zero-order valence-corrected chi connectivity index (χ0v) is 17.4. The standard InChI is InChI=1S/C23H30N2O3/c1-23(2,3)18-9-13-20(14-10-18)28-16-21(26)24-19-11-6-17(7-12-19)8-15-22(27)25(4)5/h6-7,9-14H,8,15-16H2,1-5H3,(H,24,26). The molecule has 0 aromatic heterocycles. The smallest absolute Gasteiger partial charge is 0.262 e. The Labute approximate surface area is 167 Å². The molecule has 0 fully saturated rings. The van der Waals surface area contributed by atoms with Crippen LogP contribution in [-0.4, -0.2) is 37.4 Å². The fourth-order valence-electron chi connectivity index (χ4n) is 2.63. The van der Waals surface area contributed by atoms with Crippen LogP contribution in [0.15, 0.2) is 48.5 Å². The molecular weight excluding hydrogens is 352 g/mol. The van der Waals surface area contributed by atoms with Gasteiger partial charge in [-0.3, -0.25) is 9.59 Å².